The molecule has 3 aliphatic rings. The molecule has 1 N–H and O–H groups in total. The van der Waals surface area contributed by atoms with E-state index in [0.29, 0.717) is 0 Å². The first-order valence-corrected chi connectivity index (χ1v) is 20.3. The van der Waals surface area contributed by atoms with Gasteiger partial charge in [-0.1, -0.05) is 202 Å². The molecule has 0 amide bonds. The highest BCUT2D eigenvalue weighted by Crippen LogP contribution is 2.62. The maximum absolute atomic E-state index is 5.22. The van der Waals surface area contributed by atoms with E-state index in [1.807, 2.05) is 6.07 Å². The summed E-state index contributed by atoms with van der Waals surface area (Å²) in [5.41, 5.74) is 20.6. The zero-order valence-corrected chi connectivity index (χ0v) is 32.7. The third-order valence-corrected chi connectivity index (χ3v) is 12.8. The molecule has 2 nitrogen and oxygen atoms in total. The van der Waals surface area contributed by atoms with Crippen LogP contribution in [0.5, 0.6) is 0 Å². The number of hydrogen-bond acceptors (Lipinski definition) is 2. The van der Waals surface area contributed by atoms with E-state index >= 15 is 0 Å². The number of hydrogen-bond donors (Lipinski definition) is 1. The zero-order chi connectivity index (χ0) is 38.8. The topological polar surface area (TPSA) is 24.4 Å². The molecule has 1 spiro atoms. The minimum absolute atomic E-state index is 0.106. The second kappa shape index (κ2) is 13.3. The molecule has 2 heteroatoms. The molecule has 1 aliphatic heterocycles. The number of benzene rings is 8. The van der Waals surface area contributed by atoms with Crippen molar-refractivity contribution in [2.75, 3.05) is 0 Å². The molecule has 11 rings (SSSR count). The summed E-state index contributed by atoms with van der Waals surface area (Å²) in [5, 5.41) is 3.73. The van der Waals surface area contributed by atoms with Crippen molar-refractivity contribution in [3.05, 3.63) is 256 Å². The molecule has 2 aliphatic carbocycles. The monoisotopic (exact) mass is 742 g/mol. The minimum Gasteiger partial charge on any atom is -0.360 e. The van der Waals surface area contributed by atoms with E-state index in [2.05, 4.69) is 219 Å². The van der Waals surface area contributed by atoms with E-state index in [-0.39, 0.29) is 17.0 Å². The predicted octanol–water partition coefficient (Wildman–Crippen LogP) is 13.2. The summed E-state index contributed by atoms with van der Waals surface area (Å²) in [4.78, 5) is 5.22. The zero-order valence-electron chi connectivity index (χ0n) is 32.7. The number of allylic oxidation sites excluding steroid dienone is 1. The van der Waals surface area contributed by atoms with Crippen molar-refractivity contribution in [1.29, 1.82) is 0 Å². The van der Waals surface area contributed by atoms with Crippen molar-refractivity contribution in [3.8, 4) is 33.4 Å². The van der Waals surface area contributed by atoms with Crippen molar-refractivity contribution in [2.45, 2.75) is 30.8 Å². The normalized spacial score (nSPS) is 16.6. The van der Waals surface area contributed by atoms with Gasteiger partial charge >= 0.3 is 0 Å². The summed E-state index contributed by atoms with van der Waals surface area (Å²) >= 11 is 0. The highest BCUT2D eigenvalue weighted by molar-refractivity contribution is 6.13. The Morgan fingerprint density at radius 3 is 1.55 bits per heavy atom. The first kappa shape index (κ1) is 34.2. The lowest BCUT2D eigenvalue weighted by Gasteiger charge is -2.46. The van der Waals surface area contributed by atoms with E-state index in [1.54, 1.807) is 0 Å². The molecule has 276 valence electrons. The average Bonchev–Trinajstić information content (AvgIpc) is 3.59. The molecule has 58 heavy (non-hydrogen) atoms. The Kier molecular flexibility index (Phi) is 7.84. The van der Waals surface area contributed by atoms with Gasteiger partial charge in [0.25, 0.3) is 0 Å². The smallest absolute Gasteiger partial charge is 0.145 e. The third-order valence-electron chi connectivity index (χ3n) is 12.8. The Hall–Kier alpha value is -7.03. The Labute approximate surface area is 340 Å². The lowest BCUT2D eigenvalue weighted by atomic mass is 9.55. The second-order valence-corrected chi connectivity index (χ2v) is 16.3. The van der Waals surface area contributed by atoms with Gasteiger partial charge < -0.3 is 5.32 Å². The van der Waals surface area contributed by atoms with Crippen molar-refractivity contribution in [1.82, 2.24) is 5.32 Å². The van der Waals surface area contributed by atoms with Crippen LogP contribution in [0.15, 0.2) is 211 Å². The van der Waals surface area contributed by atoms with Gasteiger partial charge in [0.1, 0.15) is 6.17 Å². The lowest BCUT2D eigenvalue weighted by molar-refractivity contribution is 0.563. The van der Waals surface area contributed by atoms with E-state index < -0.39 is 0 Å². The fourth-order valence-electron chi connectivity index (χ4n) is 10.0. The van der Waals surface area contributed by atoms with Crippen molar-refractivity contribution in [3.63, 3.8) is 0 Å². The Balaban J connectivity index is 0.956. The second-order valence-electron chi connectivity index (χ2n) is 16.3. The summed E-state index contributed by atoms with van der Waals surface area (Å²) in [6, 6.07) is 73.4. The van der Waals surface area contributed by atoms with E-state index in [9.17, 15) is 0 Å². The Bertz CT molecular complexity index is 2880. The van der Waals surface area contributed by atoms with Gasteiger partial charge in [0.2, 0.25) is 0 Å². The van der Waals surface area contributed by atoms with Crippen molar-refractivity contribution < 1.29 is 0 Å². The van der Waals surface area contributed by atoms with Gasteiger partial charge in [0, 0.05) is 11.1 Å². The number of aliphatic imine (C=N–C) groups is 1. The number of fused-ring (bicyclic) bond motifs is 9. The van der Waals surface area contributed by atoms with Crippen molar-refractivity contribution in [2.24, 2.45) is 4.99 Å². The van der Waals surface area contributed by atoms with Crippen LogP contribution in [0.4, 0.5) is 0 Å². The molecule has 1 unspecified atom stereocenters. The summed E-state index contributed by atoms with van der Waals surface area (Å²) in [6.45, 7) is 4.76. The largest absolute Gasteiger partial charge is 0.360 e. The number of nitrogens with zero attached hydrogens (tertiary/aromatic N) is 1. The quantitative estimate of drug-likeness (QED) is 0.187. The molecule has 0 saturated heterocycles. The van der Waals surface area contributed by atoms with Gasteiger partial charge in [-0.05, 0) is 102 Å². The van der Waals surface area contributed by atoms with Crippen LogP contribution in [0, 0.1) is 0 Å². The third kappa shape index (κ3) is 5.22. The minimum atomic E-state index is -0.376. The van der Waals surface area contributed by atoms with Crippen LogP contribution in [0.3, 0.4) is 0 Å². The molecular weight excluding hydrogens is 701 g/mol. The molecule has 8 aromatic rings. The molecule has 0 bridgehead atoms. The Morgan fingerprint density at radius 2 is 0.897 bits per heavy atom. The summed E-state index contributed by atoms with van der Waals surface area (Å²) < 4.78 is 0. The van der Waals surface area contributed by atoms with E-state index in [4.69, 9.17) is 4.99 Å². The van der Waals surface area contributed by atoms with Gasteiger partial charge in [0.05, 0.1) is 11.1 Å². The standard InChI is InChI=1S/C56H42N2/c1-55(2)48-24-11-13-26-50(48)56(51-27-14-12-25-49(51)55)46-23-10-9-22-44(46)45-35-42(32-33-47(45)56)38-30-28-37(29-31-38)41-20-15-21-43(34-41)54-57-52(39-16-5-3-6-17-39)36-53(58-54)40-18-7-4-8-19-40/h3-36,54,57H,1-2H3. The van der Waals surface area contributed by atoms with Crippen molar-refractivity contribution >= 4 is 11.4 Å². The summed E-state index contributed by atoms with van der Waals surface area (Å²) in [5.74, 6) is 0. The molecule has 0 saturated carbocycles. The Morgan fingerprint density at radius 1 is 0.397 bits per heavy atom. The SMILES string of the molecule is CC1(C)c2ccccc2C2(c3ccccc3-c3cc(-c4ccc(-c5cccc(C6N=C(c7ccccc7)C=C(c7ccccc7)N6)c5)cc4)ccc32)c2ccccc21. The van der Waals surface area contributed by atoms with Gasteiger partial charge in [-0.3, -0.25) is 4.99 Å². The maximum atomic E-state index is 5.22. The number of nitrogens with one attached hydrogen (secondary N) is 1. The lowest BCUT2D eigenvalue weighted by Crippen LogP contribution is -2.40. The van der Waals surface area contributed by atoms with Crippen LogP contribution < -0.4 is 5.32 Å². The van der Waals surface area contributed by atoms with E-state index in [1.165, 1.54) is 66.8 Å². The molecule has 0 radical (unpaired) electrons. The summed E-state index contributed by atoms with van der Waals surface area (Å²) in [6.07, 6.45) is 1.94. The maximum Gasteiger partial charge on any atom is 0.145 e. The fourth-order valence-corrected chi connectivity index (χ4v) is 10.0. The van der Waals surface area contributed by atoms with Gasteiger partial charge in [-0.2, -0.15) is 0 Å². The highest BCUT2D eigenvalue weighted by atomic mass is 15.1. The molecule has 1 heterocycles. The molecule has 0 aromatic heterocycles. The summed E-state index contributed by atoms with van der Waals surface area (Å²) in [7, 11) is 0. The van der Waals surface area contributed by atoms with Gasteiger partial charge in [-0.15, -0.1) is 0 Å². The van der Waals surface area contributed by atoms with Crippen LogP contribution in [-0.2, 0) is 10.8 Å². The number of rotatable bonds is 5. The molecular formula is C56H42N2. The highest BCUT2D eigenvalue weighted by Gasteiger charge is 2.53. The first-order valence-electron chi connectivity index (χ1n) is 20.3. The predicted molar refractivity (Wildman–Crippen MR) is 240 cm³/mol. The van der Waals surface area contributed by atoms with Crippen LogP contribution >= 0.6 is 0 Å². The van der Waals surface area contributed by atoms with Crippen LogP contribution in [0.1, 0.15) is 70.1 Å². The van der Waals surface area contributed by atoms with Crippen LogP contribution in [0.2, 0.25) is 0 Å². The van der Waals surface area contributed by atoms with Gasteiger partial charge in [0.15, 0.2) is 0 Å². The molecule has 1 atom stereocenters. The molecule has 0 fully saturated rings. The molecule has 8 aromatic carbocycles. The first-order chi connectivity index (χ1) is 28.5. The van der Waals surface area contributed by atoms with Crippen LogP contribution in [0.25, 0.3) is 39.1 Å². The van der Waals surface area contributed by atoms with Crippen LogP contribution in [-0.4, -0.2) is 5.71 Å². The average molecular weight is 743 g/mol. The fraction of sp³-hybridized carbons (Fsp3) is 0.0893. The van der Waals surface area contributed by atoms with Gasteiger partial charge in [-0.25, -0.2) is 0 Å². The van der Waals surface area contributed by atoms with E-state index in [0.717, 1.165) is 28.1 Å².